The molecule has 0 radical (unpaired) electrons. The van der Waals surface area contributed by atoms with Crippen LogP contribution in [0.5, 0.6) is 11.5 Å². The van der Waals surface area contributed by atoms with Gasteiger partial charge in [-0.3, -0.25) is 4.90 Å². The molecule has 2 aromatic carbocycles. The Bertz CT molecular complexity index is 757. The van der Waals surface area contributed by atoms with E-state index in [-0.39, 0.29) is 0 Å². The van der Waals surface area contributed by atoms with Crippen LogP contribution in [0.2, 0.25) is 0 Å². The van der Waals surface area contributed by atoms with Gasteiger partial charge in [-0.2, -0.15) is 0 Å². The molecule has 138 valence electrons. The Hall–Kier alpha value is -2.24. The minimum atomic E-state index is -0.454. The van der Waals surface area contributed by atoms with E-state index < -0.39 is 6.10 Å². The van der Waals surface area contributed by atoms with E-state index in [0.717, 1.165) is 56.3 Å². The van der Waals surface area contributed by atoms with Crippen molar-refractivity contribution in [1.82, 2.24) is 4.90 Å². The second kappa shape index (κ2) is 7.56. The molecule has 5 nitrogen and oxygen atoms in total. The molecule has 1 atom stereocenters. The van der Waals surface area contributed by atoms with Crippen molar-refractivity contribution in [2.75, 3.05) is 51.3 Å². The molecule has 4 rings (SSSR count). The van der Waals surface area contributed by atoms with Gasteiger partial charge in [0.15, 0.2) is 0 Å². The third-order valence-corrected chi connectivity index (χ3v) is 5.32. The first-order valence-corrected chi connectivity index (χ1v) is 9.28. The number of aliphatic hydroxyl groups excluding tert-OH is 1. The van der Waals surface area contributed by atoms with Crippen LogP contribution in [0.15, 0.2) is 42.5 Å². The molecule has 0 saturated carbocycles. The summed E-state index contributed by atoms with van der Waals surface area (Å²) in [6.45, 7) is 5.23. The van der Waals surface area contributed by atoms with Crippen molar-refractivity contribution in [2.24, 2.45) is 0 Å². The monoisotopic (exact) mass is 354 g/mol. The normalized spacial score (nSPS) is 18.3. The number of rotatable bonds is 5. The maximum atomic E-state index is 10.6. The fourth-order valence-electron chi connectivity index (χ4n) is 3.76. The molecule has 1 unspecified atom stereocenters. The number of hydrogen-bond acceptors (Lipinski definition) is 5. The van der Waals surface area contributed by atoms with E-state index in [2.05, 4.69) is 28.0 Å². The number of aliphatic hydroxyl groups is 1. The first-order chi connectivity index (χ1) is 12.7. The Labute approximate surface area is 154 Å². The van der Waals surface area contributed by atoms with Crippen LogP contribution in [-0.2, 0) is 6.42 Å². The van der Waals surface area contributed by atoms with E-state index in [4.69, 9.17) is 9.47 Å². The number of anilines is 1. The van der Waals surface area contributed by atoms with Crippen LogP contribution in [0, 0.1) is 0 Å². The van der Waals surface area contributed by atoms with E-state index in [1.165, 1.54) is 11.3 Å². The van der Waals surface area contributed by atoms with Crippen molar-refractivity contribution in [1.29, 1.82) is 0 Å². The molecule has 1 saturated heterocycles. The molecule has 5 heteroatoms. The predicted molar refractivity (Wildman–Crippen MR) is 102 cm³/mol. The Morgan fingerprint density at radius 3 is 2.77 bits per heavy atom. The van der Waals surface area contributed by atoms with Gasteiger partial charge in [0, 0.05) is 50.9 Å². The topological polar surface area (TPSA) is 45.2 Å². The smallest absolute Gasteiger partial charge is 0.122 e. The molecule has 0 aromatic heterocycles. The molecular formula is C21H26N2O3. The lowest BCUT2D eigenvalue weighted by atomic mass is 10.0. The summed E-state index contributed by atoms with van der Waals surface area (Å²) in [5, 5.41) is 10.6. The third-order valence-electron chi connectivity index (χ3n) is 5.32. The Morgan fingerprint density at radius 1 is 1.12 bits per heavy atom. The van der Waals surface area contributed by atoms with Crippen LogP contribution in [-0.4, -0.2) is 56.4 Å². The molecule has 0 spiro atoms. The number of fused-ring (bicyclic) bond motifs is 1. The van der Waals surface area contributed by atoms with Gasteiger partial charge in [0.2, 0.25) is 0 Å². The number of benzene rings is 2. The summed E-state index contributed by atoms with van der Waals surface area (Å²) in [7, 11) is 1.70. The zero-order valence-corrected chi connectivity index (χ0v) is 15.2. The Balaban J connectivity index is 1.33. The summed E-state index contributed by atoms with van der Waals surface area (Å²) >= 11 is 0. The number of piperazine rings is 1. The maximum absolute atomic E-state index is 10.6. The van der Waals surface area contributed by atoms with Gasteiger partial charge in [-0.15, -0.1) is 0 Å². The average molecular weight is 354 g/mol. The lowest BCUT2D eigenvalue weighted by Crippen LogP contribution is -2.47. The molecule has 2 aromatic rings. The summed E-state index contributed by atoms with van der Waals surface area (Å²) in [5.74, 6) is 1.86. The van der Waals surface area contributed by atoms with Crippen LogP contribution in [0.4, 0.5) is 5.69 Å². The highest BCUT2D eigenvalue weighted by atomic mass is 16.5. The highest BCUT2D eigenvalue weighted by molar-refractivity contribution is 5.51. The molecule has 2 aliphatic heterocycles. The van der Waals surface area contributed by atoms with Gasteiger partial charge in [-0.1, -0.05) is 12.1 Å². The Morgan fingerprint density at radius 2 is 1.96 bits per heavy atom. The lowest BCUT2D eigenvalue weighted by Gasteiger charge is -2.37. The van der Waals surface area contributed by atoms with Gasteiger partial charge >= 0.3 is 0 Å². The number of β-amino-alcohol motifs (C(OH)–C–C–N with tert-alkyl or cyclic N) is 1. The first-order valence-electron chi connectivity index (χ1n) is 9.28. The summed E-state index contributed by atoms with van der Waals surface area (Å²) in [6, 6.07) is 14.3. The van der Waals surface area contributed by atoms with Crippen LogP contribution in [0.3, 0.4) is 0 Å². The summed E-state index contributed by atoms with van der Waals surface area (Å²) in [5.41, 5.74) is 3.40. The minimum Gasteiger partial charge on any atom is -0.497 e. The summed E-state index contributed by atoms with van der Waals surface area (Å²) < 4.78 is 10.9. The van der Waals surface area contributed by atoms with Crippen molar-refractivity contribution >= 4 is 5.69 Å². The fraction of sp³-hybridized carbons (Fsp3) is 0.429. The molecule has 1 fully saturated rings. The van der Waals surface area contributed by atoms with Gasteiger partial charge in [-0.25, -0.2) is 0 Å². The van der Waals surface area contributed by atoms with Crippen LogP contribution in [0.1, 0.15) is 17.2 Å². The molecule has 0 bridgehead atoms. The van der Waals surface area contributed by atoms with E-state index in [1.807, 2.05) is 24.3 Å². The third kappa shape index (κ3) is 3.64. The molecule has 0 amide bonds. The summed E-state index contributed by atoms with van der Waals surface area (Å²) in [6.07, 6.45) is 0.485. The van der Waals surface area contributed by atoms with Gasteiger partial charge in [0.1, 0.15) is 11.5 Å². The van der Waals surface area contributed by atoms with Gasteiger partial charge < -0.3 is 19.5 Å². The van der Waals surface area contributed by atoms with Gasteiger partial charge in [0.05, 0.1) is 19.8 Å². The van der Waals surface area contributed by atoms with Crippen LogP contribution < -0.4 is 14.4 Å². The first kappa shape index (κ1) is 17.2. The second-order valence-electron chi connectivity index (χ2n) is 6.97. The SMILES string of the molecule is COc1cccc(N2CCN(CC(O)c3ccc4c(c3)CCO4)CC2)c1. The molecule has 2 aliphatic rings. The molecule has 1 N–H and O–H groups in total. The van der Waals surface area contributed by atoms with E-state index in [0.29, 0.717) is 6.54 Å². The van der Waals surface area contributed by atoms with E-state index in [9.17, 15) is 5.11 Å². The number of hydrogen-bond donors (Lipinski definition) is 1. The molecule has 2 heterocycles. The highest BCUT2D eigenvalue weighted by Gasteiger charge is 2.21. The van der Waals surface area contributed by atoms with Crippen molar-refractivity contribution in [2.45, 2.75) is 12.5 Å². The number of ether oxygens (including phenoxy) is 2. The number of nitrogens with zero attached hydrogens (tertiary/aromatic N) is 2. The number of methoxy groups -OCH3 is 1. The largest absolute Gasteiger partial charge is 0.497 e. The zero-order valence-electron chi connectivity index (χ0n) is 15.2. The van der Waals surface area contributed by atoms with Crippen LogP contribution >= 0.6 is 0 Å². The summed E-state index contributed by atoms with van der Waals surface area (Å²) in [4.78, 5) is 4.71. The molecule has 26 heavy (non-hydrogen) atoms. The molecule has 0 aliphatic carbocycles. The van der Waals surface area contributed by atoms with E-state index in [1.54, 1.807) is 7.11 Å². The lowest BCUT2D eigenvalue weighted by molar-refractivity contribution is 0.109. The van der Waals surface area contributed by atoms with Gasteiger partial charge in [0.25, 0.3) is 0 Å². The standard InChI is InChI=1S/C21H26N2O3/c1-25-19-4-2-3-18(14-19)23-10-8-22(9-11-23)15-20(24)16-5-6-21-17(13-16)7-12-26-21/h2-6,13-14,20,24H,7-12,15H2,1H3. The van der Waals surface area contributed by atoms with Crippen molar-refractivity contribution in [3.8, 4) is 11.5 Å². The van der Waals surface area contributed by atoms with Crippen molar-refractivity contribution in [3.63, 3.8) is 0 Å². The highest BCUT2D eigenvalue weighted by Crippen LogP contribution is 2.29. The fourth-order valence-corrected chi connectivity index (χ4v) is 3.76. The quantitative estimate of drug-likeness (QED) is 0.894. The van der Waals surface area contributed by atoms with Crippen molar-refractivity contribution in [3.05, 3.63) is 53.6 Å². The van der Waals surface area contributed by atoms with E-state index >= 15 is 0 Å². The molecular weight excluding hydrogens is 328 g/mol. The van der Waals surface area contributed by atoms with Gasteiger partial charge in [-0.05, 0) is 35.4 Å². The second-order valence-corrected chi connectivity index (χ2v) is 6.97. The zero-order chi connectivity index (χ0) is 17.9. The predicted octanol–water partition coefficient (Wildman–Crippen LogP) is 2.49. The maximum Gasteiger partial charge on any atom is 0.122 e. The minimum absolute atomic E-state index is 0.454. The van der Waals surface area contributed by atoms with Crippen molar-refractivity contribution < 1.29 is 14.6 Å². The van der Waals surface area contributed by atoms with Crippen LogP contribution in [0.25, 0.3) is 0 Å². The Kier molecular flexibility index (Phi) is 5.00. The average Bonchev–Trinajstić information content (AvgIpc) is 3.16.